The maximum Gasteiger partial charge on any atom is 0.356 e. The molecule has 1 aromatic heterocycles. The second-order valence-electron chi connectivity index (χ2n) is 10.2. The minimum absolute atomic E-state index is 0.0602. The lowest BCUT2D eigenvalue weighted by Gasteiger charge is -2.26. The zero-order valence-corrected chi connectivity index (χ0v) is 23.8. The van der Waals surface area contributed by atoms with E-state index in [1.54, 1.807) is 0 Å². The molecule has 0 spiro atoms. The number of aromatic carboxylic acids is 1. The van der Waals surface area contributed by atoms with Crippen LogP contribution in [0.2, 0.25) is 0 Å². The molecule has 3 N–H and O–H groups in total. The molecule has 2 aromatic carbocycles. The Hall–Kier alpha value is -3.85. The summed E-state index contributed by atoms with van der Waals surface area (Å²) in [6, 6.07) is 9.39. The Morgan fingerprint density at radius 2 is 1.86 bits per heavy atom. The number of carboxylic acids is 1. The molecule has 224 valence electrons. The molecule has 3 aromatic rings. The molecular weight excluding hydrogens is 569 g/mol. The number of halogens is 1. The molecule has 0 radical (unpaired) electrons. The number of sulfonamides is 1. The Balaban J connectivity index is 1.49. The summed E-state index contributed by atoms with van der Waals surface area (Å²) < 4.78 is 56.0. The molecule has 1 saturated carbocycles. The summed E-state index contributed by atoms with van der Waals surface area (Å²) in [5, 5.41) is 16.6. The second-order valence-corrected chi connectivity index (χ2v) is 11.9. The Bertz CT molecular complexity index is 1570. The van der Waals surface area contributed by atoms with Crippen molar-refractivity contribution >= 4 is 27.6 Å². The first kappa shape index (κ1) is 29.6. The highest BCUT2D eigenvalue weighted by Gasteiger charge is 2.28. The Labute approximate surface area is 242 Å². The van der Waals surface area contributed by atoms with Gasteiger partial charge < -0.3 is 19.9 Å². The van der Waals surface area contributed by atoms with Crippen molar-refractivity contribution in [2.45, 2.75) is 31.1 Å². The first-order chi connectivity index (χ1) is 20.1. The number of carboxylic acid groups (broad SMARTS) is 1. The van der Waals surface area contributed by atoms with Crippen LogP contribution in [0.25, 0.3) is 5.69 Å². The molecule has 2 aliphatic rings. The predicted octanol–water partition coefficient (Wildman–Crippen LogP) is 3.16. The minimum atomic E-state index is -4.17. The zero-order chi connectivity index (χ0) is 29.9. The first-order valence-corrected chi connectivity index (χ1v) is 15.1. The summed E-state index contributed by atoms with van der Waals surface area (Å²) >= 11 is 0. The molecule has 0 bridgehead atoms. The number of morpholine rings is 1. The number of aromatic nitrogens is 2. The third-order valence-corrected chi connectivity index (χ3v) is 8.83. The van der Waals surface area contributed by atoms with Gasteiger partial charge in [-0.2, -0.15) is 9.78 Å². The van der Waals surface area contributed by atoms with Crippen LogP contribution < -0.4 is 14.8 Å². The van der Waals surface area contributed by atoms with Crippen molar-refractivity contribution in [2.24, 2.45) is 5.92 Å². The number of rotatable bonds is 11. The van der Waals surface area contributed by atoms with Crippen LogP contribution in [0.15, 0.2) is 47.4 Å². The number of carbonyl (C=O) groups is 2. The number of anilines is 1. The van der Waals surface area contributed by atoms with Gasteiger partial charge in [0.25, 0.3) is 0 Å². The number of benzene rings is 2. The van der Waals surface area contributed by atoms with E-state index in [0.29, 0.717) is 38.5 Å². The molecule has 1 aliphatic carbocycles. The zero-order valence-electron chi connectivity index (χ0n) is 23.0. The van der Waals surface area contributed by atoms with Gasteiger partial charge in [-0.3, -0.25) is 9.69 Å². The number of hydrogen-bond acceptors (Lipinski definition) is 8. The van der Waals surface area contributed by atoms with Crippen LogP contribution in [0.3, 0.4) is 0 Å². The highest BCUT2D eigenvalue weighted by Crippen LogP contribution is 2.36. The fourth-order valence-electron chi connectivity index (χ4n) is 4.70. The lowest BCUT2D eigenvalue weighted by molar-refractivity contribution is -0.122. The van der Waals surface area contributed by atoms with Crippen molar-refractivity contribution in [3.05, 3.63) is 59.5 Å². The van der Waals surface area contributed by atoms with Crippen molar-refractivity contribution in [2.75, 3.05) is 44.7 Å². The summed E-state index contributed by atoms with van der Waals surface area (Å²) in [5.74, 6) is -2.29. The molecule has 1 aliphatic heterocycles. The number of hydrogen-bond donors (Lipinski definition) is 3. The highest BCUT2D eigenvalue weighted by atomic mass is 32.2. The second kappa shape index (κ2) is 12.6. The standard InChI is InChI=1S/C28H32FN5O7S/c1-18-25(28(36)37)32-34(22-8-5-20(29)6-9-22)27(18)41-23-10-7-21(31-26(35)19-3-2-4-19)17-24(23)42(38,39)30-11-12-33-13-15-40-16-14-33/h5-10,17,19,30H,2-4,11-16H2,1H3,(H,31,35)(H,36,37). The Kier molecular flexibility index (Phi) is 8.87. The SMILES string of the molecule is Cc1c(C(=O)O)nn(-c2ccc(F)cc2)c1Oc1ccc(NC(=O)C2CCC2)cc1S(=O)(=O)NCCN1CCOCC1. The van der Waals surface area contributed by atoms with E-state index in [9.17, 15) is 27.5 Å². The molecule has 14 heteroatoms. The average molecular weight is 602 g/mol. The summed E-state index contributed by atoms with van der Waals surface area (Å²) in [5.41, 5.74) is 0.409. The minimum Gasteiger partial charge on any atom is -0.476 e. The first-order valence-electron chi connectivity index (χ1n) is 13.6. The van der Waals surface area contributed by atoms with Crippen LogP contribution in [-0.2, 0) is 19.6 Å². The lowest BCUT2D eigenvalue weighted by atomic mass is 9.85. The third kappa shape index (κ3) is 6.62. The van der Waals surface area contributed by atoms with Crippen LogP contribution in [-0.4, -0.2) is 79.5 Å². The van der Waals surface area contributed by atoms with Crippen molar-refractivity contribution in [3.63, 3.8) is 0 Å². The van der Waals surface area contributed by atoms with Crippen molar-refractivity contribution < 1.29 is 37.0 Å². The number of nitrogens with one attached hydrogen (secondary N) is 2. The van der Waals surface area contributed by atoms with Crippen LogP contribution in [0, 0.1) is 18.7 Å². The monoisotopic (exact) mass is 601 g/mol. The van der Waals surface area contributed by atoms with Gasteiger partial charge in [-0.15, -0.1) is 0 Å². The summed E-state index contributed by atoms with van der Waals surface area (Å²) in [4.78, 5) is 26.3. The van der Waals surface area contributed by atoms with E-state index in [1.165, 1.54) is 54.1 Å². The van der Waals surface area contributed by atoms with E-state index in [1.807, 2.05) is 0 Å². The molecular formula is C28H32FN5O7S. The van der Waals surface area contributed by atoms with E-state index >= 15 is 0 Å². The van der Waals surface area contributed by atoms with Gasteiger partial charge in [-0.1, -0.05) is 6.42 Å². The summed E-state index contributed by atoms with van der Waals surface area (Å²) in [6.07, 6.45) is 2.52. The van der Waals surface area contributed by atoms with Gasteiger partial charge >= 0.3 is 5.97 Å². The van der Waals surface area contributed by atoms with E-state index in [0.717, 1.165) is 19.3 Å². The van der Waals surface area contributed by atoms with Gasteiger partial charge in [0.1, 0.15) is 16.5 Å². The number of amides is 1. The summed E-state index contributed by atoms with van der Waals surface area (Å²) in [7, 11) is -4.17. The van der Waals surface area contributed by atoms with Gasteiger partial charge in [-0.25, -0.2) is 22.3 Å². The largest absolute Gasteiger partial charge is 0.476 e. The van der Waals surface area contributed by atoms with Crippen LogP contribution in [0.5, 0.6) is 11.6 Å². The van der Waals surface area contributed by atoms with E-state index in [-0.39, 0.29) is 51.8 Å². The average Bonchev–Trinajstić information content (AvgIpc) is 3.25. The van der Waals surface area contributed by atoms with Gasteiger partial charge in [0.05, 0.1) is 18.9 Å². The fourth-order valence-corrected chi connectivity index (χ4v) is 5.87. The molecule has 5 rings (SSSR count). The Morgan fingerprint density at radius 3 is 2.50 bits per heavy atom. The molecule has 1 amide bonds. The lowest BCUT2D eigenvalue weighted by Crippen LogP contribution is -2.41. The van der Waals surface area contributed by atoms with Crippen LogP contribution in [0.4, 0.5) is 10.1 Å². The predicted molar refractivity (Wildman–Crippen MR) is 150 cm³/mol. The molecule has 0 unspecified atom stereocenters. The number of carbonyl (C=O) groups excluding carboxylic acids is 1. The van der Waals surface area contributed by atoms with Gasteiger partial charge in [0.2, 0.25) is 21.8 Å². The molecule has 2 heterocycles. The highest BCUT2D eigenvalue weighted by molar-refractivity contribution is 7.89. The molecule has 12 nitrogen and oxygen atoms in total. The topological polar surface area (TPSA) is 152 Å². The van der Waals surface area contributed by atoms with Gasteiger partial charge in [0.15, 0.2) is 5.69 Å². The van der Waals surface area contributed by atoms with E-state index in [2.05, 4.69) is 20.0 Å². The van der Waals surface area contributed by atoms with Gasteiger partial charge in [-0.05, 0) is 62.2 Å². The molecule has 42 heavy (non-hydrogen) atoms. The fraction of sp³-hybridized carbons (Fsp3) is 0.393. The van der Waals surface area contributed by atoms with Crippen LogP contribution in [0.1, 0.15) is 35.3 Å². The van der Waals surface area contributed by atoms with Crippen molar-refractivity contribution in [1.29, 1.82) is 0 Å². The van der Waals surface area contributed by atoms with Gasteiger partial charge in [0, 0.05) is 43.3 Å². The Morgan fingerprint density at radius 1 is 1.14 bits per heavy atom. The van der Waals surface area contributed by atoms with Crippen molar-refractivity contribution in [3.8, 4) is 17.3 Å². The number of nitrogens with zero attached hydrogens (tertiary/aromatic N) is 3. The quantitative estimate of drug-likeness (QED) is 0.301. The third-order valence-electron chi connectivity index (χ3n) is 7.35. The maximum atomic E-state index is 13.6. The smallest absolute Gasteiger partial charge is 0.356 e. The summed E-state index contributed by atoms with van der Waals surface area (Å²) in [6.45, 7) is 4.60. The molecule has 1 saturated heterocycles. The van der Waals surface area contributed by atoms with Crippen LogP contribution >= 0.6 is 0 Å². The molecule has 0 atom stereocenters. The maximum absolute atomic E-state index is 13.6. The molecule has 2 fully saturated rings. The van der Waals surface area contributed by atoms with Crippen molar-refractivity contribution in [1.82, 2.24) is 19.4 Å². The van der Waals surface area contributed by atoms with E-state index < -0.39 is 21.8 Å². The normalized spacial score (nSPS) is 16.1. The van der Waals surface area contributed by atoms with E-state index in [4.69, 9.17) is 9.47 Å². The number of ether oxygens (including phenoxy) is 2.